The molecule has 2 aromatic rings. The summed E-state index contributed by atoms with van der Waals surface area (Å²) in [4.78, 5) is 8.68. The van der Waals surface area contributed by atoms with Crippen molar-refractivity contribution in [3.05, 3.63) is 53.6 Å². The molecule has 0 amide bonds. The van der Waals surface area contributed by atoms with Crippen molar-refractivity contribution in [2.45, 2.75) is 26.4 Å². The van der Waals surface area contributed by atoms with Crippen LogP contribution in [0.25, 0.3) is 0 Å². The van der Waals surface area contributed by atoms with E-state index in [1.165, 1.54) is 11.1 Å². The highest BCUT2D eigenvalue weighted by molar-refractivity contribution is 14.0. The first-order valence-corrected chi connectivity index (χ1v) is 7.39. The number of benzene rings is 1. The summed E-state index contributed by atoms with van der Waals surface area (Å²) in [5, 5.41) is 6.63. The maximum atomic E-state index is 4.42. The minimum atomic E-state index is 0. The third-order valence-corrected chi connectivity index (χ3v) is 3.63. The van der Waals surface area contributed by atoms with Crippen molar-refractivity contribution < 1.29 is 0 Å². The Bertz CT molecular complexity index is 635. The molecule has 3 rings (SSSR count). The fourth-order valence-electron chi connectivity index (χ4n) is 2.44. The van der Waals surface area contributed by atoms with Gasteiger partial charge in [0.05, 0.1) is 0 Å². The molecule has 22 heavy (non-hydrogen) atoms. The molecule has 0 saturated heterocycles. The number of rotatable bonds is 4. The van der Waals surface area contributed by atoms with Crippen LogP contribution in [-0.4, -0.2) is 28.6 Å². The number of hydrogen-bond donors (Lipinski definition) is 2. The highest BCUT2D eigenvalue weighted by Crippen LogP contribution is 2.08. The van der Waals surface area contributed by atoms with E-state index in [2.05, 4.69) is 49.4 Å². The quantitative estimate of drug-likeness (QED) is 0.760. The maximum Gasteiger partial charge on any atom is 0.191 e. The number of nitrogens with zero attached hydrogens (tertiary/aromatic N) is 3. The lowest BCUT2D eigenvalue weighted by atomic mass is 10.1. The molecule has 0 fully saturated rings. The third-order valence-electron chi connectivity index (χ3n) is 3.63. The molecule has 0 radical (unpaired) electrons. The lowest BCUT2D eigenvalue weighted by Crippen LogP contribution is -2.40. The van der Waals surface area contributed by atoms with E-state index in [0.29, 0.717) is 0 Å². The van der Waals surface area contributed by atoms with Crippen LogP contribution < -0.4 is 10.6 Å². The number of aliphatic imine (C=N–C) groups is 1. The van der Waals surface area contributed by atoms with Crippen molar-refractivity contribution in [1.82, 2.24) is 20.2 Å². The molecule has 1 aliphatic heterocycles. The topological polar surface area (TPSA) is 54.2 Å². The summed E-state index contributed by atoms with van der Waals surface area (Å²) < 4.78 is 2.15. The summed E-state index contributed by atoms with van der Waals surface area (Å²) in [6, 6.07) is 8.63. The monoisotopic (exact) mass is 411 g/mol. The molecule has 118 valence electrons. The summed E-state index contributed by atoms with van der Waals surface area (Å²) >= 11 is 0. The standard InChI is InChI=1S/C16H21N5.HI/c1-13-17-8-9-21(13)12-15-5-2-4-14(10-15)11-20-16-18-6-3-7-19-16;/h2,4-5,8-10H,3,6-7,11-12H2,1H3,(H2,18,19,20);1H. The first-order valence-electron chi connectivity index (χ1n) is 7.39. The number of hydrogen-bond acceptors (Lipinski definition) is 4. The van der Waals surface area contributed by atoms with E-state index in [0.717, 1.165) is 44.4 Å². The number of halogens is 1. The first kappa shape index (κ1) is 16.8. The highest BCUT2D eigenvalue weighted by atomic mass is 127. The Labute approximate surface area is 148 Å². The van der Waals surface area contributed by atoms with Crippen LogP contribution >= 0.6 is 24.0 Å². The van der Waals surface area contributed by atoms with Crippen molar-refractivity contribution in [3.63, 3.8) is 0 Å². The van der Waals surface area contributed by atoms with Gasteiger partial charge in [-0.25, -0.2) is 4.98 Å². The summed E-state index contributed by atoms with van der Waals surface area (Å²) in [7, 11) is 0. The second-order valence-corrected chi connectivity index (χ2v) is 5.29. The van der Waals surface area contributed by atoms with E-state index in [1.54, 1.807) is 0 Å². The van der Waals surface area contributed by atoms with Crippen LogP contribution in [0.5, 0.6) is 0 Å². The minimum Gasteiger partial charge on any atom is -0.356 e. The van der Waals surface area contributed by atoms with E-state index in [-0.39, 0.29) is 24.0 Å². The van der Waals surface area contributed by atoms with Crippen molar-refractivity contribution in [2.24, 2.45) is 4.99 Å². The van der Waals surface area contributed by atoms with Gasteiger partial charge in [0.2, 0.25) is 0 Å². The summed E-state index contributed by atoms with van der Waals surface area (Å²) in [6.07, 6.45) is 4.97. The van der Waals surface area contributed by atoms with Crippen LogP contribution in [0.15, 0.2) is 41.7 Å². The van der Waals surface area contributed by atoms with Gasteiger partial charge >= 0.3 is 0 Å². The van der Waals surface area contributed by atoms with E-state index in [9.17, 15) is 0 Å². The fraction of sp³-hybridized carbons (Fsp3) is 0.375. The molecule has 0 spiro atoms. The van der Waals surface area contributed by atoms with Gasteiger partial charge in [-0.3, -0.25) is 4.99 Å². The minimum absolute atomic E-state index is 0. The van der Waals surface area contributed by atoms with Gasteiger partial charge in [0.25, 0.3) is 0 Å². The second kappa shape index (κ2) is 8.17. The lowest BCUT2D eigenvalue weighted by Gasteiger charge is -2.16. The highest BCUT2D eigenvalue weighted by Gasteiger charge is 2.04. The van der Waals surface area contributed by atoms with Crippen molar-refractivity contribution in [3.8, 4) is 0 Å². The molecule has 2 heterocycles. The average molecular weight is 411 g/mol. The van der Waals surface area contributed by atoms with E-state index < -0.39 is 0 Å². The fourth-order valence-corrected chi connectivity index (χ4v) is 2.44. The van der Waals surface area contributed by atoms with Crippen LogP contribution in [0, 0.1) is 6.92 Å². The van der Waals surface area contributed by atoms with Crippen LogP contribution in [0.4, 0.5) is 0 Å². The van der Waals surface area contributed by atoms with Gasteiger partial charge in [-0.05, 0) is 24.5 Å². The molecular formula is C16H22IN5. The molecular weight excluding hydrogens is 389 g/mol. The molecule has 2 N–H and O–H groups in total. The van der Waals surface area contributed by atoms with Crippen LogP contribution in [0.2, 0.25) is 0 Å². The van der Waals surface area contributed by atoms with E-state index in [4.69, 9.17) is 0 Å². The van der Waals surface area contributed by atoms with Crippen molar-refractivity contribution in [1.29, 1.82) is 0 Å². The summed E-state index contributed by atoms with van der Waals surface area (Å²) in [6.45, 7) is 5.60. The van der Waals surface area contributed by atoms with E-state index >= 15 is 0 Å². The zero-order valence-corrected chi connectivity index (χ0v) is 15.1. The molecule has 1 aromatic heterocycles. The van der Waals surface area contributed by atoms with Gasteiger partial charge in [-0.2, -0.15) is 0 Å². The largest absolute Gasteiger partial charge is 0.356 e. The van der Waals surface area contributed by atoms with E-state index in [1.807, 2.05) is 19.3 Å². The Morgan fingerprint density at radius 3 is 2.91 bits per heavy atom. The number of aryl methyl sites for hydroxylation is 1. The Kier molecular flexibility index (Phi) is 6.23. The SMILES string of the molecule is Cc1nccn1Cc1cccc(CNC2=NCCCN2)c1.I. The molecule has 0 aliphatic carbocycles. The van der Waals surface area contributed by atoms with Gasteiger partial charge in [0.1, 0.15) is 5.82 Å². The average Bonchev–Trinajstić information content (AvgIpc) is 2.92. The van der Waals surface area contributed by atoms with Crippen LogP contribution in [-0.2, 0) is 13.1 Å². The number of guanidine groups is 1. The molecule has 0 saturated carbocycles. The predicted molar refractivity (Wildman–Crippen MR) is 99.7 cm³/mol. The predicted octanol–water partition coefficient (Wildman–Crippen LogP) is 2.30. The summed E-state index contributed by atoms with van der Waals surface area (Å²) in [5.41, 5.74) is 2.55. The zero-order chi connectivity index (χ0) is 14.5. The summed E-state index contributed by atoms with van der Waals surface area (Å²) in [5.74, 6) is 1.95. The second-order valence-electron chi connectivity index (χ2n) is 5.29. The first-order chi connectivity index (χ1) is 10.3. The maximum absolute atomic E-state index is 4.42. The normalized spacial score (nSPS) is 13.8. The molecule has 5 nitrogen and oxygen atoms in total. The molecule has 0 bridgehead atoms. The number of aromatic nitrogens is 2. The molecule has 1 aromatic carbocycles. The molecule has 0 atom stereocenters. The van der Waals surface area contributed by atoms with Gasteiger partial charge in [-0.1, -0.05) is 24.3 Å². The Morgan fingerprint density at radius 2 is 2.18 bits per heavy atom. The third kappa shape index (κ3) is 4.46. The number of imidazole rings is 1. The van der Waals surface area contributed by atoms with Crippen LogP contribution in [0.1, 0.15) is 23.4 Å². The van der Waals surface area contributed by atoms with Gasteiger partial charge < -0.3 is 15.2 Å². The molecule has 0 unspecified atom stereocenters. The Balaban J connectivity index is 0.00000176. The van der Waals surface area contributed by atoms with Gasteiger partial charge in [0, 0.05) is 38.6 Å². The van der Waals surface area contributed by atoms with Gasteiger partial charge in [-0.15, -0.1) is 24.0 Å². The Morgan fingerprint density at radius 1 is 1.32 bits per heavy atom. The smallest absolute Gasteiger partial charge is 0.191 e. The molecule has 1 aliphatic rings. The van der Waals surface area contributed by atoms with Gasteiger partial charge in [0.15, 0.2) is 5.96 Å². The van der Waals surface area contributed by atoms with Crippen LogP contribution in [0.3, 0.4) is 0 Å². The number of nitrogens with one attached hydrogen (secondary N) is 2. The van der Waals surface area contributed by atoms with Crippen molar-refractivity contribution in [2.75, 3.05) is 13.1 Å². The Hall–Kier alpha value is -1.57. The lowest BCUT2D eigenvalue weighted by molar-refractivity contribution is 0.701. The molecule has 6 heteroatoms. The zero-order valence-electron chi connectivity index (χ0n) is 12.7. The van der Waals surface area contributed by atoms with Crippen molar-refractivity contribution >= 4 is 29.9 Å².